The van der Waals surface area contributed by atoms with E-state index in [0.717, 1.165) is 21.1 Å². The van der Waals surface area contributed by atoms with Gasteiger partial charge in [0.25, 0.3) is 0 Å². The Morgan fingerprint density at radius 1 is 1.38 bits per heavy atom. The minimum Gasteiger partial charge on any atom is -0.378 e. The van der Waals surface area contributed by atoms with Crippen molar-refractivity contribution in [2.24, 2.45) is 0 Å². The molecule has 21 heavy (non-hydrogen) atoms. The predicted octanol–water partition coefficient (Wildman–Crippen LogP) is 3.40. The van der Waals surface area contributed by atoms with Gasteiger partial charge in [-0.1, -0.05) is 0 Å². The predicted molar refractivity (Wildman–Crippen MR) is 82.3 cm³/mol. The molecule has 4 nitrogen and oxygen atoms in total. The Morgan fingerprint density at radius 3 is 2.90 bits per heavy atom. The van der Waals surface area contributed by atoms with Crippen molar-refractivity contribution in [1.82, 2.24) is 4.98 Å². The van der Waals surface area contributed by atoms with Gasteiger partial charge in [0.1, 0.15) is 5.82 Å². The van der Waals surface area contributed by atoms with Crippen molar-refractivity contribution >= 4 is 28.6 Å². The molecule has 110 valence electrons. The van der Waals surface area contributed by atoms with Crippen LogP contribution in [0.15, 0.2) is 12.1 Å². The Bertz CT molecular complexity index is 711. The van der Waals surface area contributed by atoms with Crippen LogP contribution in [0.3, 0.4) is 0 Å². The second kappa shape index (κ2) is 5.44. The Labute approximate surface area is 126 Å². The number of amides is 1. The topological polar surface area (TPSA) is 54.0 Å². The van der Waals surface area contributed by atoms with E-state index in [1.165, 1.54) is 6.07 Å². The third kappa shape index (κ3) is 2.90. The van der Waals surface area contributed by atoms with Crippen molar-refractivity contribution in [1.29, 1.82) is 0 Å². The monoisotopic (exact) mass is 305 g/mol. The molecule has 0 radical (unpaired) electrons. The summed E-state index contributed by atoms with van der Waals surface area (Å²) in [5.74, 6) is -0.308. The number of hydrogen-bond acceptors (Lipinski definition) is 4. The number of aromatic nitrogens is 1. The molecular formula is C15H16FN3OS. The lowest BCUT2D eigenvalue weighted by atomic mass is 10.0. The Balaban J connectivity index is 1.81. The third-order valence-corrected chi connectivity index (χ3v) is 4.60. The molecule has 0 saturated heterocycles. The molecule has 0 unspecified atom stereocenters. The highest BCUT2D eigenvalue weighted by Crippen LogP contribution is 2.29. The molecular weight excluding hydrogens is 289 g/mol. The standard InChI is InChI=1S/C15H16FN3OS/c1-8-14(21-9(2)18-8)7-17-13-6-12-10(5-11(13)16)3-4-15(20)19-12/h5-6,17H,3-4,7H2,1-2H3,(H,19,20). The molecule has 2 aromatic rings. The molecule has 0 aliphatic carbocycles. The summed E-state index contributed by atoms with van der Waals surface area (Å²) in [6.07, 6.45) is 1.00. The summed E-state index contributed by atoms with van der Waals surface area (Å²) in [5.41, 5.74) is 2.92. The number of hydrogen-bond donors (Lipinski definition) is 2. The molecule has 0 fully saturated rings. The molecule has 1 aromatic heterocycles. The zero-order valence-electron chi connectivity index (χ0n) is 11.9. The summed E-state index contributed by atoms with van der Waals surface area (Å²) >= 11 is 1.60. The average molecular weight is 305 g/mol. The van der Waals surface area contributed by atoms with E-state index in [0.29, 0.717) is 30.8 Å². The highest BCUT2D eigenvalue weighted by atomic mass is 32.1. The quantitative estimate of drug-likeness (QED) is 0.914. The summed E-state index contributed by atoms with van der Waals surface area (Å²) < 4.78 is 14.1. The molecule has 0 bridgehead atoms. The second-order valence-corrected chi connectivity index (χ2v) is 6.42. The van der Waals surface area contributed by atoms with Gasteiger partial charge < -0.3 is 10.6 Å². The summed E-state index contributed by atoms with van der Waals surface area (Å²) in [6.45, 7) is 4.43. The van der Waals surface area contributed by atoms with Crippen molar-refractivity contribution in [2.75, 3.05) is 10.6 Å². The van der Waals surface area contributed by atoms with E-state index >= 15 is 0 Å². The van der Waals surface area contributed by atoms with E-state index in [1.54, 1.807) is 17.4 Å². The van der Waals surface area contributed by atoms with Crippen LogP contribution in [0.5, 0.6) is 0 Å². The minimum atomic E-state index is -0.288. The first-order chi connectivity index (χ1) is 10.0. The number of nitrogens with one attached hydrogen (secondary N) is 2. The van der Waals surface area contributed by atoms with Crippen LogP contribution in [0.2, 0.25) is 0 Å². The molecule has 0 saturated carbocycles. The number of anilines is 2. The van der Waals surface area contributed by atoms with Crippen LogP contribution in [0.4, 0.5) is 15.8 Å². The maximum atomic E-state index is 14.1. The van der Waals surface area contributed by atoms with Gasteiger partial charge in [0.15, 0.2) is 0 Å². The second-order valence-electron chi connectivity index (χ2n) is 5.13. The highest BCUT2D eigenvalue weighted by Gasteiger charge is 2.17. The molecule has 6 heteroatoms. The van der Waals surface area contributed by atoms with E-state index < -0.39 is 0 Å². The smallest absolute Gasteiger partial charge is 0.224 e. The van der Waals surface area contributed by atoms with Crippen LogP contribution in [-0.2, 0) is 17.8 Å². The first-order valence-corrected chi connectivity index (χ1v) is 7.63. The van der Waals surface area contributed by atoms with Gasteiger partial charge in [-0.3, -0.25) is 4.79 Å². The fourth-order valence-corrected chi connectivity index (χ4v) is 3.32. The Morgan fingerprint density at radius 2 is 2.19 bits per heavy atom. The van der Waals surface area contributed by atoms with Crippen LogP contribution in [0, 0.1) is 19.7 Å². The van der Waals surface area contributed by atoms with E-state index in [2.05, 4.69) is 15.6 Å². The first-order valence-electron chi connectivity index (χ1n) is 6.82. The number of benzene rings is 1. The number of aryl methyl sites for hydroxylation is 3. The third-order valence-electron chi connectivity index (χ3n) is 3.53. The average Bonchev–Trinajstić information content (AvgIpc) is 2.75. The van der Waals surface area contributed by atoms with Gasteiger partial charge in [-0.25, -0.2) is 9.37 Å². The molecule has 2 heterocycles. The normalized spacial score (nSPS) is 13.8. The molecule has 1 aliphatic rings. The number of carbonyl (C=O) groups excluding carboxylic acids is 1. The zero-order chi connectivity index (χ0) is 15.0. The lowest BCUT2D eigenvalue weighted by Crippen LogP contribution is -2.19. The van der Waals surface area contributed by atoms with Crippen LogP contribution < -0.4 is 10.6 Å². The van der Waals surface area contributed by atoms with E-state index in [4.69, 9.17) is 0 Å². The molecule has 1 amide bonds. The first kappa shape index (κ1) is 14.0. The number of thiazole rings is 1. The van der Waals surface area contributed by atoms with E-state index in [1.807, 2.05) is 13.8 Å². The van der Waals surface area contributed by atoms with Gasteiger partial charge >= 0.3 is 0 Å². The molecule has 0 spiro atoms. The highest BCUT2D eigenvalue weighted by molar-refractivity contribution is 7.11. The van der Waals surface area contributed by atoms with Crippen molar-refractivity contribution in [3.8, 4) is 0 Å². The summed E-state index contributed by atoms with van der Waals surface area (Å²) in [4.78, 5) is 16.9. The maximum absolute atomic E-state index is 14.1. The van der Waals surface area contributed by atoms with Crippen LogP contribution in [0.1, 0.15) is 27.6 Å². The Hall–Kier alpha value is -1.95. The summed E-state index contributed by atoms with van der Waals surface area (Å²) in [7, 11) is 0. The minimum absolute atomic E-state index is 0.0195. The molecule has 3 rings (SSSR count). The molecule has 1 aromatic carbocycles. The van der Waals surface area contributed by atoms with Crippen LogP contribution in [-0.4, -0.2) is 10.9 Å². The fraction of sp³-hybridized carbons (Fsp3) is 0.333. The molecule has 1 aliphatic heterocycles. The summed E-state index contributed by atoms with van der Waals surface area (Å²) in [5, 5.41) is 6.88. The largest absolute Gasteiger partial charge is 0.378 e. The van der Waals surface area contributed by atoms with Crippen LogP contribution >= 0.6 is 11.3 Å². The lowest BCUT2D eigenvalue weighted by molar-refractivity contribution is -0.116. The van der Waals surface area contributed by atoms with Gasteiger partial charge in [0.05, 0.1) is 22.9 Å². The Kier molecular flexibility index (Phi) is 3.63. The van der Waals surface area contributed by atoms with Gasteiger partial charge in [-0.05, 0) is 38.0 Å². The number of halogens is 1. The molecule has 2 N–H and O–H groups in total. The zero-order valence-corrected chi connectivity index (χ0v) is 12.7. The van der Waals surface area contributed by atoms with Gasteiger partial charge in [0, 0.05) is 17.0 Å². The van der Waals surface area contributed by atoms with Crippen molar-refractivity contribution in [3.05, 3.63) is 39.1 Å². The van der Waals surface area contributed by atoms with Gasteiger partial charge in [-0.2, -0.15) is 0 Å². The molecule has 0 atom stereocenters. The number of rotatable bonds is 3. The van der Waals surface area contributed by atoms with Crippen molar-refractivity contribution in [3.63, 3.8) is 0 Å². The SMILES string of the molecule is Cc1nc(C)c(CNc2cc3c(cc2F)CCC(=O)N3)s1. The number of carbonyl (C=O) groups is 1. The summed E-state index contributed by atoms with van der Waals surface area (Å²) in [6, 6.07) is 3.17. The van der Waals surface area contributed by atoms with E-state index in [-0.39, 0.29) is 11.7 Å². The number of fused-ring (bicyclic) bond motifs is 1. The van der Waals surface area contributed by atoms with Crippen LogP contribution in [0.25, 0.3) is 0 Å². The lowest BCUT2D eigenvalue weighted by Gasteiger charge is -2.18. The fourth-order valence-electron chi connectivity index (χ4n) is 2.45. The van der Waals surface area contributed by atoms with Gasteiger partial charge in [0.2, 0.25) is 5.91 Å². The van der Waals surface area contributed by atoms with Crippen molar-refractivity contribution in [2.45, 2.75) is 33.2 Å². The maximum Gasteiger partial charge on any atom is 0.224 e. The number of nitrogens with zero attached hydrogens (tertiary/aromatic N) is 1. The van der Waals surface area contributed by atoms with Crippen molar-refractivity contribution < 1.29 is 9.18 Å². The van der Waals surface area contributed by atoms with Gasteiger partial charge in [-0.15, -0.1) is 11.3 Å². The van der Waals surface area contributed by atoms with E-state index in [9.17, 15) is 9.18 Å².